The first-order valence-electron chi connectivity index (χ1n) is 8.00. The van der Waals surface area contributed by atoms with E-state index in [0.717, 1.165) is 36.6 Å². The summed E-state index contributed by atoms with van der Waals surface area (Å²) in [5, 5.41) is 2.79. The largest absolute Gasteiger partial charge is 0.376 e. The van der Waals surface area contributed by atoms with E-state index in [-0.39, 0.29) is 11.5 Å². The number of hydrogen-bond donors (Lipinski definition) is 1. The van der Waals surface area contributed by atoms with Crippen LogP contribution in [0, 0.1) is 0 Å². The fourth-order valence-electron chi connectivity index (χ4n) is 3.20. The van der Waals surface area contributed by atoms with E-state index in [4.69, 9.17) is 4.74 Å². The molecule has 1 aromatic carbocycles. The molecule has 0 radical (unpaired) electrons. The lowest BCUT2D eigenvalue weighted by Gasteiger charge is -2.35. The molecule has 1 saturated heterocycles. The SMILES string of the molecule is CC(=O)Nc1ccc(-n2ccnc2C2CCOC(C)(C)C2)cc1. The van der Waals surface area contributed by atoms with Crippen LogP contribution in [-0.4, -0.2) is 27.7 Å². The van der Waals surface area contributed by atoms with Crippen molar-refractivity contribution in [2.75, 3.05) is 11.9 Å². The van der Waals surface area contributed by atoms with Crippen LogP contribution in [0.1, 0.15) is 45.4 Å². The van der Waals surface area contributed by atoms with Gasteiger partial charge >= 0.3 is 0 Å². The number of nitrogens with zero attached hydrogens (tertiary/aromatic N) is 2. The zero-order chi connectivity index (χ0) is 16.4. The number of rotatable bonds is 3. The molecule has 23 heavy (non-hydrogen) atoms. The summed E-state index contributed by atoms with van der Waals surface area (Å²) in [4.78, 5) is 15.7. The number of imidazole rings is 1. The van der Waals surface area contributed by atoms with Gasteiger partial charge in [-0.3, -0.25) is 4.79 Å². The number of carbonyl (C=O) groups excluding carboxylic acids is 1. The van der Waals surface area contributed by atoms with Gasteiger partial charge in [-0.1, -0.05) is 0 Å². The second-order valence-corrected chi connectivity index (χ2v) is 6.68. The third kappa shape index (κ3) is 3.62. The highest BCUT2D eigenvalue weighted by Gasteiger charge is 2.32. The van der Waals surface area contributed by atoms with Crippen molar-refractivity contribution >= 4 is 11.6 Å². The number of nitrogens with one attached hydrogen (secondary N) is 1. The van der Waals surface area contributed by atoms with E-state index >= 15 is 0 Å². The molecule has 0 spiro atoms. The summed E-state index contributed by atoms with van der Waals surface area (Å²) in [6.07, 6.45) is 5.79. The van der Waals surface area contributed by atoms with E-state index in [9.17, 15) is 4.79 Å². The van der Waals surface area contributed by atoms with Gasteiger partial charge in [0.05, 0.1) is 5.60 Å². The van der Waals surface area contributed by atoms with Crippen molar-refractivity contribution in [2.24, 2.45) is 0 Å². The maximum Gasteiger partial charge on any atom is 0.221 e. The Kier molecular flexibility index (Phi) is 4.22. The summed E-state index contributed by atoms with van der Waals surface area (Å²) in [5.74, 6) is 1.41. The number of amides is 1. The summed E-state index contributed by atoms with van der Waals surface area (Å²) in [7, 11) is 0. The van der Waals surface area contributed by atoms with Crippen molar-refractivity contribution in [3.8, 4) is 5.69 Å². The molecule has 0 aliphatic carbocycles. The fourth-order valence-corrected chi connectivity index (χ4v) is 3.20. The van der Waals surface area contributed by atoms with E-state index < -0.39 is 0 Å². The zero-order valence-corrected chi connectivity index (χ0v) is 13.9. The molecule has 2 heterocycles. The molecule has 1 aliphatic heterocycles. The monoisotopic (exact) mass is 313 g/mol. The van der Waals surface area contributed by atoms with Gasteiger partial charge in [-0.05, 0) is 51.0 Å². The maximum atomic E-state index is 11.1. The van der Waals surface area contributed by atoms with Crippen molar-refractivity contribution in [2.45, 2.75) is 45.1 Å². The summed E-state index contributed by atoms with van der Waals surface area (Å²) in [6, 6.07) is 7.82. The van der Waals surface area contributed by atoms with Crippen LogP contribution in [0.4, 0.5) is 5.69 Å². The van der Waals surface area contributed by atoms with Crippen molar-refractivity contribution in [1.82, 2.24) is 9.55 Å². The first-order valence-corrected chi connectivity index (χ1v) is 8.00. The van der Waals surface area contributed by atoms with Gasteiger partial charge in [-0.2, -0.15) is 0 Å². The quantitative estimate of drug-likeness (QED) is 0.943. The average molecular weight is 313 g/mol. The third-order valence-corrected chi connectivity index (χ3v) is 4.20. The Labute approximate surface area is 136 Å². The van der Waals surface area contributed by atoms with E-state index in [0.29, 0.717) is 5.92 Å². The molecule has 1 aliphatic rings. The molecule has 2 aromatic rings. The van der Waals surface area contributed by atoms with Crippen molar-refractivity contribution in [3.63, 3.8) is 0 Å². The lowest BCUT2D eigenvalue weighted by molar-refractivity contribution is -0.114. The predicted octanol–water partition coefficient (Wildman–Crippen LogP) is 3.50. The lowest BCUT2D eigenvalue weighted by Crippen LogP contribution is -2.33. The van der Waals surface area contributed by atoms with E-state index in [1.54, 1.807) is 0 Å². The highest BCUT2D eigenvalue weighted by molar-refractivity contribution is 5.88. The number of hydrogen-bond acceptors (Lipinski definition) is 3. The van der Waals surface area contributed by atoms with Crippen LogP contribution in [0.5, 0.6) is 0 Å². The van der Waals surface area contributed by atoms with Crippen LogP contribution in [0.25, 0.3) is 5.69 Å². The van der Waals surface area contributed by atoms with Crippen LogP contribution in [0.15, 0.2) is 36.7 Å². The standard InChI is InChI=1S/C18H23N3O2/c1-13(22)20-15-4-6-16(7-5-15)21-10-9-19-17(21)14-8-11-23-18(2,3)12-14/h4-7,9-10,14H,8,11-12H2,1-3H3,(H,20,22). The van der Waals surface area contributed by atoms with Gasteiger partial charge in [-0.25, -0.2) is 4.98 Å². The lowest BCUT2D eigenvalue weighted by atomic mass is 9.88. The Balaban J connectivity index is 1.84. The van der Waals surface area contributed by atoms with Crippen molar-refractivity contribution in [3.05, 3.63) is 42.5 Å². The maximum absolute atomic E-state index is 11.1. The molecule has 1 fully saturated rings. The van der Waals surface area contributed by atoms with E-state index in [2.05, 4.69) is 28.7 Å². The first kappa shape index (κ1) is 15.7. The number of aromatic nitrogens is 2. The van der Waals surface area contributed by atoms with Crippen molar-refractivity contribution in [1.29, 1.82) is 0 Å². The van der Waals surface area contributed by atoms with Gasteiger partial charge in [0, 0.05) is 43.2 Å². The third-order valence-electron chi connectivity index (χ3n) is 4.20. The summed E-state index contributed by atoms with van der Waals surface area (Å²) < 4.78 is 7.94. The first-order chi connectivity index (χ1) is 10.9. The molecule has 122 valence electrons. The minimum Gasteiger partial charge on any atom is -0.376 e. The van der Waals surface area contributed by atoms with Crippen LogP contribution in [0.2, 0.25) is 0 Å². The van der Waals surface area contributed by atoms with Crippen LogP contribution >= 0.6 is 0 Å². The number of benzene rings is 1. The topological polar surface area (TPSA) is 56.2 Å². The summed E-state index contributed by atoms with van der Waals surface area (Å²) in [5.41, 5.74) is 1.75. The fraction of sp³-hybridized carbons (Fsp3) is 0.444. The predicted molar refractivity (Wildman–Crippen MR) is 89.9 cm³/mol. The number of carbonyl (C=O) groups is 1. The molecule has 5 heteroatoms. The highest BCUT2D eigenvalue weighted by Crippen LogP contribution is 2.35. The van der Waals surface area contributed by atoms with Crippen molar-refractivity contribution < 1.29 is 9.53 Å². The Morgan fingerprint density at radius 1 is 1.35 bits per heavy atom. The molecule has 1 N–H and O–H groups in total. The molecule has 5 nitrogen and oxygen atoms in total. The second kappa shape index (κ2) is 6.16. The second-order valence-electron chi connectivity index (χ2n) is 6.68. The van der Waals surface area contributed by atoms with Gasteiger partial charge in [0.1, 0.15) is 5.82 Å². The Morgan fingerprint density at radius 3 is 2.74 bits per heavy atom. The molecule has 1 unspecified atom stereocenters. The van der Waals surface area contributed by atoms with Gasteiger partial charge in [-0.15, -0.1) is 0 Å². The minimum atomic E-state index is -0.102. The van der Waals surface area contributed by atoms with Crippen LogP contribution < -0.4 is 5.32 Å². The molecule has 0 bridgehead atoms. The molecule has 0 saturated carbocycles. The van der Waals surface area contributed by atoms with Gasteiger partial charge in [0.15, 0.2) is 0 Å². The van der Waals surface area contributed by atoms with E-state index in [1.165, 1.54) is 6.92 Å². The molecular formula is C18H23N3O2. The molecule has 1 amide bonds. The summed E-state index contributed by atoms with van der Waals surface area (Å²) in [6.45, 7) is 6.55. The Hall–Kier alpha value is -2.14. The minimum absolute atomic E-state index is 0.0643. The average Bonchev–Trinajstić information content (AvgIpc) is 2.96. The smallest absolute Gasteiger partial charge is 0.221 e. The highest BCUT2D eigenvalue weighted by atomic mass is 16.5. The number of anilines is 1. The molecular weight excluding hydrogens is 290 g/mol. The Morgan fingerprint density at radius 2 is 2.09 bits per heavy atom. The normalized spacial score (nSPS) is 20.2. The van der Waals surface area contributed by atoms with Gasteiger partial charge < -0.3 is 14.6 Å². The Bertz CT molecular complexity index is 689. The van der Waals surface area contributed by atoms with Gasteiger partial charge in [0.2, 0.25) is 5.91 Å². The van der Waals surface area contributed by atoms with Gasteiger partial charge in [0.25, 0.3) is 0 Å². The molecule has 1 atom stereocenters. The van der Waals surface area contributed by atoms with Crippen LogP contribution in [-0.2, 0) is 9.53 Å². The zero-order valence-electron chi connectivity index (χ0n) is 13.9. The molecule has 1 aromatic heterocycles. The van der Waals surface area contributed by atoms with E-state index in [1.807, 2.05) is 36.7 Å². The number of ether oxygens (including phenoxy) is 1. The summed E-state index contributed by atoms with van der Waals surface area (Å²) >= 11 is 0. The van der Waals surface area contributed by atoms with Crippen LogP contribution in [0.3, 0.4) is 0 Å². The molecule has 3 rings (SSSR count).